The molecule has 0 unspecified atom stereocenters. The van der Waals surface area contributed by atoms with Gasteiger partial charge in [-0.05, 0) is 30.8 Å². The highest BCUT2D eigenvalue weighted by molar-refractivity contribution is 6.52. The Morgan fingerprint density at radius 2 is 1.82 bits per heavy atom. The zero-order valence-corrected chi connectivity index (χ0v) is 12.1. The number of amides is 1. The summed E-state index contributed by atoms with van der Waals surface area (Å²) in [6.07, 6.45) is 0. The summed E-state index contributed by atoms with van der Waals surface area (Å²) in [4.78, 5) is 27.2. The lowest BCUT2D eigenvalue weighted by molar-refractivity contribution is -0.114. The molecule has 1 heterocycles. The third-order valence-electron chi connectivity index (χ3n) is 3.61. The summed E-state index contributed by atoms with van der Waals surface area (Å²) >= 11 is 0. The lowest BCUT2D eigenvalue weighted by Gasteiger charge is -2.24. The van der Waals surface area contributed by atoms with Crippen LogP contribution in [0.4, 0.5) is 10.1 Å². The predicted octanol–water partition coefficient (Wildman–Crippen LogP) is 2.44. The van der Waals surface area contributed by atoms with E-state index in [0.29, 0.717) is 12.2 Å². The average molecular weight is 298 g/mol. The van der Waals surface area contributed by atoms with Gasteiger partial charge in [0.05, 0.1) is 17.9 Å². The number of nitrogens with zero attached hydrogens (tertiary/aromatic N) is 2. The monoisotopic (exact) mass is 298 g/mol. The van der Waals surface area contributed by atoms with Crippen molar-refractivity contribution in [2.24, 2.45) is 0 Å². The van der Waals surface area contributed by atoms with Gasteiger partial charge in [-0.3, -0.25) is 19.4 Å². The van der Waals surface area contributed by atoms with Gasteiger partial charge < -0.3 is 0 Å². The van der Waals surface area contributed by atoms with Gasteiger partial charge >= 0.3 is 5.91 Å². The molecule has 1 amide bonds. The van der Waals surface area contributed by atoms with Gasteiger partial charge in [-0.1, -0.05) is 30.3 Å². The molecule has 0 N–H and O–H groups in total. The molecule has 1 aliphatic rings. The molecule has 0 radical (unpaired) electrons. The Kier molecular flexibility index (Phi) is 3.73. The van der Waals surface area contributed by atoms with E-state index in [1.165, 1.54) is 23.1 Å². The molecule has 0 aromatic heterocycles. The number of fused-ring (bicyclic) bond motifs is 1. The fraction of sp³-hybridized carbons (Fsp3) is 0.176. The minimum absolute atomic E-state index is 0.232. The number of rotatable bonds is 4. The zero-order chi connectivity index (χ0) is 15.7. The fourth-order valence-electron chi connectivity index (χ4n) is 2.59. The van der Waals surface area contributed by atoms with E-state index in [1.807, 2.05) is 42.3 Å². The number of carbonyl (C=O) groups excluding carboxylic acids is 2. The van der Waals surface area contributed by atoms with Crippen molar-refractivity contribution in [2.45, 2.75) is 6.54 Å². The van der Waals surface area contributed by atoms with Gasteiger partial charge in [-0.15, -0.1) is 0 Å². The summed E-state index contributed by atoms with van der Waals surface area (Å²) < 4.78 is 13.4. The molecule has 5 heteroatoms. The van der Waals surface area contributed by atoms with Gasteiger partial charge in [-0.25, -0.2) is 4.39 Å². The van der Waals surface area contributed by atoms with Crippen molar-refractivity contribution in [1.29, 1.82) is 0 Å². The van der Waals surface area contributed by atoms with Gasteiger partial charge in [0, 0.05) is 6.54 Å². The lowest BCUT2D eigenvalue weighted by Crippen LogP contribution is -2.38. The molecule has 2 aromatic rings. The molecular weight excluding hydrogens is 283 g/mol. The van der Waals surface area contributed by atoms with E-state index in [2.05, 4.69) is 0 Å². The Balaban J connectivity index is 1.79. The van der Waals surface area contributed by atoms with Crippen LogP contribution in [-0.2, 0) is 11.3 Å². The largest absolute Gasteiger partial charge is 0.300 e. The second kappa shape index (κ2) is 5.69. The minimum Gasteiger partial charge on any atom is -0.291 e. The highest BCUT2D eigenvalue weighted by atomic mass is 19.1. The second-order valence-corrected chi connectivity index (χ2v) is 5.36. The van der Waals surface area contributed by atoms with Crippen LogP contribution in [-0.4, -0.2) is 30.3 Å². The normalized spacial score (nSPS) is 13.9. The van der Waals surface area contributed by atoms with Crippen LogP contribution in [0.15, 0.2) is 48.5 Å². The smallest absolute Gasteiger partial charge is 0.291 e. The standard InChI is InChI=1S/C17H15FN2O2/c1-19(10-12-5-3-2-4-6-12)11-20-15-9-13(18)7-8-14(15)16(21)17(20)22/h2-9H,10-11H2,1H3. The van der Waals surface area contributed by atoms with E-state index >= 15 is 0 Å². The van der Waals surface area contributed by atoms with Gasteiger partial charge in [0.2, 0.25) is 0 Å². The summed E-state index contributed by atoms with van der Waals surface area (Å²) in [5, 5.41) is 0. The number of carbonyl (C=O) groups is 2. The molecule has 0 bridgehead atoms. The first-order chi connectivity index (χ1) is 10.6. The molecule has 0 atom stereocenters. The highest BCUT2D eigenvalue weighted by Crippen LogP contribution is 2.29. The number of Topliss-reactive ketones (excluding diaryl/α,β-unsaturated/α-hetero) is 1. The van der Waals surface area contributed by atoms with E-state index in [1.54, 1.807) is 0 Å². The van der Waals surface area contributed by atoms with Crippen LogP contribution in [0.5, 0.6) is 0 Å². The predicted molar refractivity (Wildman–Crippen MR) is 81.0 cm³/mol. The minimum atomic E-state index is -0.611. The third-order valence-corrected chi connectivity index (χ3v) is 3.61. The molecule has 0 fully saturated rings. The maximum Gasteiger partial charge on any atom is 0.300 e. The lowest BCUT2D eigenvalue weighted by atomic mass is 10.1. The van der Waals surface area contributed by atoms with Crippen LogP contribution < -0.4 is 4.90 Å². The number of hydrogen-bond donors (Lipinski definition) is 0. The molecule has 112 valence electrons. The number of benzene rings is 2. The van der Waals surface area contributed by atoms with E-state index in [9.17, 15) is 14.0 Å². The number of ketones is 1. The first-order valence-electron chi connectivity index (χ1n) is 6.94. The molecule has 3 rings (SSSR count). The first-order valence-corrected chi connectivity index (χ1v) is 6.94. The molecule has 1 aliphatic heterocycles. The van der Waals surface area contributed by atoms with Crippen LogP contribution in [0.2, 0.25) is 0 Å². The number of hydrogen-bond acceptors (Lipinski definition) is 3. The van der Waals surface area contributed by atoms with Gasteiger partial charge in [-0.2, -0.15) is 0 Å². The summed E-state index contributed by atoms with van der Waals surface area (Å²) in [5.41, 5.74) is 1.71. The van der Waals surface area contributed by atoms with Gasteiger partial charge in [0.15, 0.2) is 0 Å². The Bertz CT molecular complexity index is 731. The number of anilines is 1. The third kappa shape index (κ3) is 2.63. The SMILES string of the molecule is CN(Cc1ccccc1)CN1C(=O)C(=O)c2ccc(F)cc21. The molecular formula is C17H15FN2O2. The molecule has 2 aromatic carbocycles. The van der Waals surface area contributed by atoms with Crippen molar-refractivity contribution in [3.05, 3.63) is 65.5 Å². The topological polar surface area (TPSA) is 40.6 Å². The van der Waals surface area contributed by atoms with Gasteiger partial charge in [0.25, 0.3) is 5.78 Å². The summed E-state index contributed by atoms with van der Waals surface area (Å²) in [7, 11) is 1.85. The van der Waals surface area contributed by atoms with Crippen LogP contribution in [0.1, 0.15) is 15.9 Å². The maximum atomic E-state index is 13.4. The molecule has 0 saturated heterocycles. The molecule has 0 aliphatic carbocycles. The van der Waals surface area contributed by atoms with Crippen molar-refractivity contribution in [2.75, 3.05) is 18.6 Å². The summed E-state index contributed by atoms with van der Waals surface area (Å²) in [5.74, 6) is -1.65. The molecule has 22 heavy (non-hydrogen) atoms. The molecule has 4 nitrogen and oxygen atoms in total. The Morgan fingerprint density at radius 1 is 1.09 bits per heavy atom. The highest BCUT2D eigenvalue weighted by Gasteiger charge is 2.36. The Hall–Kier alpha value is -2.53. The van der Waals surface area contributed by atoms with Crippen molar-refractivity contribution in [1.82, 2.24) is 4.90 Å². The zero-order valence-electron chi connectivity index (χ0n) is 12.1. The van der Waals surface area contributed by atoms with Crippen molar-refractivity contribution >= 4 is 17.4 Å². The van der Waals surface area contributed by atoms with E-state index in [-0.39, 0.29) is 12.2 Å². The number of halogens is 1. The molecule has 0 spiro atoms. The Labute approximate surface area is 127 Å². The maximum absolute atomic E-state index is 13.4. The second-order valence-electron chi connectivity index (χ2n) is 5.36. The summed E-state index contributed by atoms with van der Waals surface area (Å²) in [6, 6.07) is 13.6. The van der Waals surface area contributed by atoms with Crippen LogP contribution in [0.25, 0.3) is 0 Å². The van der Waals surface area contributed by atoms with Crippen molar-refractivity contribution in [3.63, 3.8) is 0 Å². The van der Waals surface area contributed by atoms with Crippen molar-refractivity contribution in [3.8, 4) is 0 Å². The fourth-order valence-corrected chi connectivity index (χ4v) is 2.59. The van der Waals surface area contributed by atoms with E-state index < -0.39 is 17.5 Å². The van der Waals surface area contributed by atoms with E-state index in [0.717, 1.165) is 5.56 Å². The van der Waals surface area contributed by atoms with Crippen LogP contribution in [0, 0.1) is 5.82 Å². The quantitative estimate of drug-likeness (QED) is 0.814. The van der Waals surface area contributed by atoms with Crippen molar-refractivity contribution < 1.29 is 14.0 Å². The first kappa shape index (κ1) is 14.4. The van der Waals surface area contributed by atoms with Crippen LogP contribution in [0.3, 0.4) is 0 Å². The Morgan fingerprint density at radius 3 is 2.55 bits per heavy atom. The average Bonchev–Trinajstić information content (AvgIpc) is 2.73. The van der Waals surface area contributed by atoms with Crippen LogP contribution >= 0.6 is 0 Å². The van der Waals surface area contributed by atoms with E-state index in [4.69, 9.17) is 0 Å². The van der Waals surface area contributed by atoms with Gasteiger partial charge in [0.1, 0.15) is 5.82 Å². The molecule has 0 saturated carbocycles. The summed E-state index contributed by atoms with van der Waals surface area (Å²) in [6.45, 7) is 0.860.